The Hall–Kier alpha value is -1.79. The Morgan fingerprint density at radius 2 is 1.65 bits per heavy atom. The predicted molar refractivity (Wildman–Crippen MR) is 73.9 cm³/mol. The molecule has 0 spiro atoms. The molecule has 1 amide bonds. The van der Waals surface area contributed by atoms with E-state index in [1.807, 2.05) is 0 Å². The summed E-state index contributed by atoms with van der Waals surface area (Å²) in [5.74, 6) is -0.401. The number of hydrogen-bond acceptors (Lipinski definition) is 5. The molecular formula is C14H20N2O4. The van der Waals surface area contributed by atoms with Crippen molar-refractivity contribution in [2.24, 2.45) is 0 Å². The number of Topliss-reactive ketones (excluding diaryl/α,β-unsaturated/α-hetero) is 1. The first-order chi connectivity index (χ1) is 9.60. The molecule has 20 heavy (non-hydrogen) atoms. The fraction of sp³-hybridized carbons (Fsp3) is 0.500. The first kappa shape index (κ1) is 16.3. The maximum Gasteiger partial charge on any atom is 0.272 e. The molecular weight excluding hydrogens is 260 g/mol. The van der Waals surface area contributed by atoms with Crippen molar-refractivity contribution >= 4 is 11.7 Å². The van der Waals surface area contributed by atoms with E-state index in [9.17, 15) is 9.59 Å². The minimum absolute atomic E-state index is 0.167. The minimum atomic E-state index is -0.234. The van der Waals surface area contributed by atoms with Gasteiger partial charge in [0, 0.05) is 34.2 Å². The van der Waals surface area contributed by atoms with Gasteiger partial charge < -0.3 is 14.4 Å². The maximum atomic E-state index is 12.4. The van der Waals surface area contributed by atoms with Crippen LogP contribution in [-0.2, 0) is 9.47 Å². The molecule has 1 rings (SSSR count). The van der Waals surface area contributed by atoms with Gasteiger partial charge in [-0.25, -0.2) is 4.98 Å². The molecule has 0 atom stereocenters. The zero-order valence-electron chi connectivity index (χ0n) is 12.1. The van der Waals surface area contributed by atoms with E-state index in [0.717, 1.165) is 0 Å². The second-order valence-corrected chi connectivity index (χ2v) is 4.24. The molecule has 110 valence electrons. The SMILES string of the molecule is COCCN(CCOC)C(=O)c1cccc(C(C)=O)n1. The van der Waals surface area contributed by atoms with Crippen LogP contribution in [0.15, 0.2) is 18.2 Å². The second-order valence-electron chi connectivity index (χ2n) is 4.24. The van der Waals surface area contributed by atoms with E-state index >= 15 is 0 Å². The van der Waals surface area contributed by atoms with Crippen molar-refractivity contribution in [2.45, 2.75) is 6.92 Å². The van der Waals surface area contributed by atoms with E-state index in [1.165, 1.54) is 6.92 Å². The Labute approximate surface area is 118 Å². The molecule has 0 bridgehead atoms. The number of amides is 1. The highest BCUT2D eigenvalue weighted by Gasteiger charge is 2.17. The lowest BCUT2D eigenvalue weighted by molar-refractivity contribution is 0.0621. The fourth-order valence-corrected chi connectivity index (χ4v) is 1.63. The van der Waals surface area contributed by atoms with Crippen LogP contribution < -0.4 is 0 Å². The summed E-state index contributed by atoms with van der Waals surface area (Å²) in [6, 6.07) is 4.84. The number of pyridine rings is 1. The first-order valence-electron chi connectivity index (χ1n) is 6.35. The largest absolute Gasteiger partial charge is 0.383 e. The third kappa shape index (κ3) is 4.71. The van der Waals surface area contributed by atoms with Gasteiger partial charge in [-0.05, 0) is 12.1 Å². The number of carbonyl (C=O) groups is 2. The minimum Gasteiger partial charge on any atom is -0.383 e. The van der Waals surface area contributed by atoms with Crippen LogP contribution >= 0.6 is 0 Å². The Bertz CT molecular complexity index is 454. The van der Waals surface area contributed by atoms with Crippen LogP contribution in [0, 0.1) is 0 Å². The van der Waals surface area contributed by atoms with Gasteiger partial charge in [0.15, 0.2) is 5.78 Å². The van der Waals surface area contributed by atoms with Crippen LogP contribution in [0.2, 0.25) is 0 Å². The molecule has 0 saturated carbocycles. The van der Waals surface area contributed by atoms with Crippen molar-refractivity contribution in [1.82, 2.24) is 9.88 Å². The maximum absolute atomic E-state index is 12.4. The molecule has 6 heteroatoms. The average molecular weight is 280 g/mol. The third-order valence-electron chi connectivity index (χ3n) is 2.75. The van der Waals surface area contributed by atoms with Crippen molar-refractivity contribution in [3.63, 3.8) is 0 Å². The Kier molecular flexibility index (Phi) is 6.83. The molecule has 0 aliphatic rings. The molecule has 0 N–H and O–H groups in total. The van der Waals surface area contributed by atoms with Crippen LogP contribution in [0.25, 0.3) is 0 Å². The van der Waals surface area contributed by atoms with Crippen molar-refractivity contribution in [3.05, 3.63) is 29.6 Å². The number of hydrogen-bond donors (Lipinski definition) is 0. The van der Waals surface area contributed by atoms with Gasteiger partial charge in [0.2, 0.25) is 0 Å². The summed E-state index contributed by atoms with van der Waals surface area (Å²) in [6.07, 6.45) is 0. The zero-order chi connectivity index (χ0) is 15.0. The summed E-state index contributed by atoms with van der Waals surface area (Å²) >= 11 is 0. The van der Waals surface area contributed by atoms with Gasteiger partial charge in [-0.3, -0.25) is 9.59 Å². The topological polar surface area (TPSA) is 68.7 Å². The van der Waals surface area contributed by atoms with Crippen molar-refractivity contribution < 1.29 is 19.1 Å². The highest BCUT2D eigenvalue weighted by atomic mass is 16.5. The first-order valence-corrected chi connectivity index (χ1v) is 6.35. The highest BCUT2D eigenvalue weighted by molar-refractivity contribution is 5.96. The molecule has 0 aliphatic carbocycles. The molecule has 0 aromatic carbocycles. The number of rotatable bonds is 8. The smallest absolute Gasteiger partial charge is 0.272 e. The summed E-state index contributed by atoms with van der Waals surface area (Å²) in [6.45, 7) is 3.18. The number of ether oxygens (including phenoxy) is 2. The van der Waals surface area contributed by atoms with Crippen molar-refractivity contribution in [1.29, 1.82) is 0 Å². The molecule has 0 saturated heterocycles. The monoisotopic (exact) mass is 280 g/mol. The zero-order valence-corrected chi connectivity index (χ0v) is 12.1. The molecule has 1 aromatic heterocycles. The predicted octanol–water partition coefficient (Wildman–Crippen LogP) is 1.02. The van der Waals surface area contributed by atoms with Gasteiger partial charge in [-0.1, -0.05) is 6.07 Å². The van der Waals surface area contributed by atoms with Crippen LogP contribution in [0.4, 0.5) is 0 Å². The van der Waals surface area contributed by atoms with E-state index in [4.69, 9.17) is 9.47 Å². The van der Waals surface area contributed by atoms with Gasteiger partial charge in [0.25, 0.3) is 5.91 Å². The lowest BCUT2D eigenvalue weighted by atomic mass is 10.2. The van der Waals surface area contributed by atoms with E-state index in [-0.39, 0.29) is 23.1 Å². The van der Waals surface area contributed by atoms with Crippen LogP contribution in [0.1, 0.15) is 27.9 Å². The van der Waals surface area contributed by atoms with E-state index in [0.29, 0.717) is 26.3 Å². The summed E-state index contributed by atoms with van der Waals surface area (Å²) < 4.78 is 9.98. The van der Waals surface area contributed by atoms with Gasteiger partial charge in [0.1, 0.15) is 11.4 Å². The van der Waals surface area contributed by atoms with Crippen LogP contribution in [0.5, 0.6) is 0 Å². The normalized spacial score (nSPS) is 10.3. The lowest BCUT2D eigenvalue weighted by Crippen LogP contribution is -2.37. The van der Waals surface area contributed by atoms with Gasteiger partial charge in [0.05, 0.1) is 13.2 Å². The Morgan fingerprint density at radius 1 is 1.10 bits per heavy atom. The summed E-state index contributed by atoms with van der Waals surface area (Å²) in [5, 5.41) is 0. The second kappa shape index (κ2) is 8.39. The number of aromatic nitrogens is 1. The van der Waals surface area contributed by atoms with Gasteiger partial charge >= 0.3 is 0 Å². The number of ketones is 1. The molecule has 0 unspecified atom stereocenters. The molecule has 1 heterocycles. The quantitative estimate of drug-likeness (QED) is 0.665. The molecule has 0 aliphatic heterocycles. The summed E-state index contributed by atoms with van der Waals surface area (Å²) in [4.78, 5) is 29.4. The van der Waals surface area contributed by atoms with Crippen molar-refractivity contribution in [3.8, 4) is 0 Å². The molecule has 6 nitrogen and oxygen atoms in total. The summed E-state index contributed by atoms with van der Waals surface area (Å²) in [7, 11) is 3.15. The molecule has 1 aromatic rings. The van der Waals surface area contributed by atoms with Crippen molar-refractivity contribution in [2.75, 3.05) is 40.5 Å². The number of nitrogens with zero attached hydrogens (tertiary/aromatic N) is 2. The fourth-order valence-electron chi connectivity index (χ4n) is 1.63. The van der Waals surface area contributed by atoms with Crippen LogP contribution in [-0.4, -0.2) is 62.1 Å². The van der Waals surface area contributed by atoms with E-state index in [2.05, 4.69) is 4.98 Å². The average Bonchev–Trinajstić information content (AvgIpc) is 2.47. The Morgan fingerprint density at radius 3 is 2.15 bits per heavy atom. The van der Waals surface area contributed by atoms with Gasteiger partial charge in [-0.2, -0.15) is 0 Å². The number of carbonyl (C=O) groups excluding carboxylic acids is 2. The Balaban J connectivity index is 2.86. The van der Waals surface area contributed by atoms with E-state index in [1.54, 1.807) is 37.3 Å². The van der Waals surface area contributed by atoms with Gasteiger partial charge in [-0.15, -0.1) is 0 Å². The molecule has 0 radical (unpaired) electrons. The highest BCUT2D eigenvalue weighted by Crippen LogP contribution is 2.05. The molecule has 0 fully saturated rings. The standard InChI is InChI=1S/C14H20N2O4/c1-11(17)12-5-4-6-13(15-12)14(18)16(7-9-19-2)8-10-20-3/h4-6H,7-10H2,1-3H3. The number of methoxy groups -OCH3 is 2. The third-order valence-corrected chi connectivity index (χ3v) is 2.75. The summed E-state index contributed by atoms with van der Waals surface area (Å²) in [5.41, 5.74) is 0.541. The van der Waals surface area contributed by atoms with E-state index < -0.39 is 0 Å². The van der Waals surface area contributed by atoms with Crippen LogP contribution in [0.3, 0.4) is 0 Å². The lowest BCUT2D eigenvalue weighted by Gasteiger charge is -2.21.